The Morgan fingerprint density at radius 3 is 2.92 bits per heavy atom. The van der Waals surface area contributed by atoms with Crippen LogP contribution in [0.15, 0.2) is 12.3 Å². The molecule has 0 saturated carbocycles. The SMILES string of the molecule is NCCCc1cc(F)c(Cl)cn1. The molecular formula is C8H10ClFN2. The Kier molecular flexibility index (Phi) is 3.44. The largest absolute Gasteiger partial charge is 0.330 e. The number of rotatable bonds is 3. The van der Waals surface area contributed by atoms with Crippen LogP contribution in [0.2, 0.25) is 5.02 Å². The number of nitrogens with two attached hydrogens (primary N) is 1. The molecule has 2 N–H and O–H groups in total. The van der Waals surface area contributed by atoms with E-state index in [0.717, 1.165) is 6.42 Å². The molecule has 0 bridgehead atoms. The molecule has 0 radical (unpaired) electrons. The van der Waals surface area contributed by atoms with Gasteiger partial charge in [0.15, 0.2) is 0 Å². The normalized spacial score (nSPS) is 10.2. The van der Waals surface area contributed by atoms with Gasteiger partial charge < -0.3 is 5.73 Å². The summed E-state index contributed by atoms with van der Waals surface area (Å²) in [5.41, 5.74) is 5.99. The van der Waals surface area contributed by atoms with Crippen LogP contribution in [0.1, 0.15) is 12.1 Å². The number of nitrogens with zero attached hydrogens (tertiary/aromatic N) is 1. The summed E-state index contributed by atoms with van der Waals surface area (Å²) < 4.78 is 12.8. The van der Waals surface area contributed by atoms with Gasteiger partial charge in [-0.15, -0.1) is 0 Å². The Morgan fingerprint density at radius 2 is 2.33 bits per heavy atom. The zero-order chi connectivity index (χ0) is 8.97. The zero-order valence-electron chi connectivity index (χ0n) is 6.56. The number of aryl methyl sites for hydroxylation is 1. The van der Waals surface area contributed by atoms with Gasteiger partial charge in [0.05, 0.1) is 5.02 Å². The van der Waals surface area contributed by atoms with Crippen LogP contribution >= 0.6 is 11.6 Å². The second-order valence-electron chi connectivity index (χ2n) is 2.48. The molecule has 0 aromatic carbocycles. The third kappa shape index (κ3) is 2.43. The lowest BCUT2D eigenvalue weighted by Gasteiger charge is -1.99. The summed E-state index contributed by atoms with van der Waals surface area (Å²) in [6.45, 7) is 0.589. The van der Waals surface area contributed by atoms with Crippen LogP contribution in [0.4, 0.5) is 4.39 Å². The van der Waals surface area contributed by atoms with E-state index in [4.69, 9.17) is 17.3 Å². The number of pyridine rings is 1. The second-order valence-corrected chi connectivity index (χ2v) is 2.89. The average molecular weight is 189 g/mol. The fourth-order valence-corrected chi connectivity index (χ4v) is 0.977. The van der Waals surface area contributed by atoms with E-state index < -0.39 is 5.82 Å². The van der Waals surface area contributed by atoms with Crippen LogP contribution in [0.3, 0.4) is 0 Å². The van der Waals surface area contributed by atoms with Crippen LogP contribution in [0, 0.1) is 5.82 Å². The highest BCUT2D eigenvalue weighted by atomic mass is 35.5. The fraction of sp³-hybridized carbons (Fsp3) is 0.375. The highest BCUT2D eigenvalue weighted by Crippen LogP contribution is 2.13. The van der Waals surface area contributed by atoms with Gasteiger partial charge >= 0.3 is 0 Å². The van der Waals surface area contributed by atoms with Crippen LogP contribution in [0.25, 0.3) is 0 Å². The van der Waals surface area contributed by atoms with Crippen molar-refractivity contribution in [3.8, 4) is 0 Å². The van der Waals surface area contributed by atoms with Crippen molar-refractivity contribution in [3.05, 3.63) is 28.8 Å². The molecule has 0 saturated heterocycles. The number of hydrogen-bond donors (Lipinski definition) is 1. The molecule has 2 nitrogen and oxygen atoms in total. The van der Waals surface area contributed by atoms with Gasteiger partial charge in [0.2, 0.25) is 0 Å². The lowest BCUT2D eigenvalue weighted by molar-refractivity contribution is 0.621. The summed E-state index contributed by atoms with van der Waals surface area (Å²) >= 11 is 5.45. The summed E-state index contributed by atoms with van der Waals surface area (Å²) in [7, 11) is 0. The quantitative estimate of drug-likeness (QED) is 0.785. The third-order valence-electron chi connectivity index (χ3n) is 1.50. The monoisotopic (exact) mass is 188 g/mol. The first-order chi connectivity index (χ1) is 5.74. The molecule has 1 aromatic heterocycles. The van der Waals surface area contributed by atoms with Gasteiger partial charge in [-0.05, 0) is 25.5 Å². The molecule has 0 aliphatic heterocycles. The van der Waals surface area contributed by atoms with Gasteiger partial charge in [-0.2, -0.15) is 0 Å². The molecular weight excluding hydrogens is 179 g/mol. The Bertz CT molecular complexity index is 265. The molecule has 1 heterocycles. The van der Waals surface area contributed by atoms with E-state index in [1.54, 1.807) is 0 Å². The maximum absolute atomic E-state index is 12.8. The van der Waals surface area contributed by atoms with Crippen LogP contribution < -0.4 is 5.73 Å². The average Bonchev–Trinajstić information content (AvgIpc) is 2.07. The van der Waals surface area contributed by atoms with Gasteiger partial charge in [0.25, 0.3) is 0 Å². The Morgan fingerprint density at radius 1 is 1.58 bits per heavy atom. The molecule has 66 valence electrons. The predicted octanol–water partition coefficient (Wildman–Crippen LogP) is 1.77. The molecule has 1 aromatic rings. The summed E-state index contributed by atoms with van der Waals surface area (Å²) in [5.74, 6) is -0.418. The Balaban J connectivity index is 2.69. The Hall–Kier alpha value is -0.670. The van der Waals surface area contributed by atoms with Gasteiger partial charge in [0, 0.05) is 11.9 Å². The molecule has 4 heteroatoms. The van der Waals surface area contributed by atoms with Gasteiger partial charge in [-0.3, -0.25) is 4.98 Å². The predicted molar refractivity (Wildman–Crippen MR) is 46.6 cm³/mol. The highest BCUT2D eigenvalue weighted by Gasteiger charge is 2.01. The van der Waals surface area contributed by atoms with Gasteiger partial charge in [-0.25, -0.2) is 4.39 Å². The van der Waals surface area contributed by atoms with E-state index in [-0.39, 0.29) is 5.02 Å². The Labute approximate surface area is 75.6 Å². The lowest BCUT2D eigenvalue weighted by atomic mass is 10.2. The minimum absolute atomic E-state index is 0.0616. The summed E-state index contributed by atoms with van der Waals surface area (Å²) in [5, 5.41) is 0.0616. The molecule has 0 fully saturated rings. The minimum Gasteiger partial charge on any atom is -0.330 e. The van der Waals surface area contributed by atoms with Crippen molar-refractivity contribution in [3.63, 3.8) is 0 Å². The molecule has 0 atom stereocenters. The molecule has 0 amide bonds. The molecule has 0 spiro atoms. The topological polar surface area (TPSA) is 38.9 Å². The van der Waals surface area contributed by atoms with Crippen molar-refractivity contribution in [1.29, 1.82) is 0 Å². The van der Waals surface area contributed by atoms with Crippen molar-refractivity contribution in [2.75, 3.05) is 6.54 Å². The summed E-state index contributed by atoms with van der Waals surface area (Å²) in [6.07, 6.45) is 2.83. The van der Waals surface area contributed by atoms with E-state index in [1.165, 1.54) is 12.3 Å². The molecule has 0 aliphatic carbocycles. The zero-order valence-corrected chi connectivity index (χ0v) is 7.31. The first-order valence-electron chi connectivity index (χ1n) is 3.74. The van der Waals surface area contributed by atoms with E-state index >= 15 is 0 Å². The van der Waals surface area contributed by atoms with Crippen LogP contribution in [-0.2, 0) is 6.42 Å². The first kappa shape index (κ1) is 9.42. The van der Waals surface area contributed by atoms with Crippen LogP contribution in [0.5, 0.6) is 0 Å². The maximum Gasteiger partial charge on any atom is 0.145 e. The lowest BCUT2D eigenvalue weighted by Crippen LogP contribution is -2.01. The summed E-state index contributed by atoms with van der Waals surface area (Å²) in [6, 6.07) is 1.35. The maximum atomic E-state index is 12.8. The standard InChI is InChI=1S/C8H10ClFN2/c9-7-5-12-6(2-1-3-11)4-8(7)10/h4-5H,1-3,11H2. The van der Waals surface area contributed by atoms with E-state index in [9.17, 15) is 4.39 Å². The van der Waals surface area contributed by atoms with E-state index in [1.807, 2.05) is 0 Å². The second kappa shape index (κ2) is 4.38. The highest BCUT2D eigenvalue weighted by molar-refractivity contribution is 6.30. The van der Waals surface area contributed by atoms with Crippen molar-refractivity contribution in [1.82, 2.24) is 4.98 Å². The van der Waals surface area contributed by atoms with Crippen molar-refractivity contribution < 1.29 is 4.39 Å². The molecule has 0 aliphatic rings. The summed E-state index contributed by atoms with van der Waals surface area (Å²) in [4.78, 5) is 3.95. The van der Waals surface area contributed by atoms with Crippen molar-refractivity contribution in [2.24, 2.45) is 5.73 Å². The molecule has 1 rings (SSSR count). The van der Waals surface area contributed by atoms with Crippen molar-refractivity contribution >= 4 is 11.6 Å². The van der Waals surface area contributed by atoms with Gasteiger partial charge in [0.1, 0.15) is 5.82 Å². The minimum atomic E-state index is -0.418. The van der Waals surface area contributed by atoms with E-state index in [2.05, 4.69) is 4.98 Å². The smallest absolute Gasteiger partial charge is 0.145 e. The van der Waals surface area contributed by atoms with Crippen LogP contribution in [-0.4, -0.2) is 11.5 Å². The first-order valence-corrected chi connectivity index (χ1v) is 4.12. The van der Waals surface area contributed by atoms with Crippen molar-refractivity contribution in [2.45, 2.75) is 12.8 Å². The number of aromatic nitrogens is 1. The molecule has 12 heavy (non-hydrogen) atoms. The third-order valence-corrected chi connectivity index (χ3v) is 1.78. The number of hydrogen-bond acceptors (Lipinski definition) is 2. The fourth-order valence-electron chi connectivity index (χ4n) is 0.874. The van der Waals surface area contributed by atoms with Gasteiger partial charge in [-0.1, -0.05) is 11.6 Å². The number of halogens is 2. The van der Waals surface area contributed by atoms with E-state index in [0.29, 0.717) is 18.7 Å². The molecule has 0 unspecified atom stereocenters.